The highest BCUT2D eigenvalue weighted by Gasteiger charge is 2.10. The average molecular weight is 403 g/mol. The van der Waals surface area contributed by atoms with Gasteiger partial charge in [-0.1, -0.05) is 35.3 Å². The molecule has 3 rings (SSSR count). The van der Waals surface area contributed by atoms with Gasteiger partial charge < -0.3 is 15.3 Å². The number of hydrazine groups is 1. The first-order chi connectivity index (χ1) is 12.9. The van der Waals surface area contributed by atoms with Crippen molar-refractivity contribution in [2.75, 3.05) is 7.05 Å². The minimum absolute atomic E-state index is 0.534. The summed E-state index contributed by atoms with van der Waals surface area (Å²) in [6, 6.07) is 9.30. The van der Waals surface area contributed by atoms with Crippen LogP contribution < -0.4 is 11.6 Å². The zero-order chi connectivity index (χ0) is 19.6. The number of nitrogens with two attached hydrogens (primary N) is 2. The maximum absolute atomic E-state index is 6.27. The van der Waals surface area contributed by atoms with Crippen molar-refractivity contribution in [1.82, 2.24) is 19.5 Å². The van der Waals surface area contributed by atoms with Crippen molar-refractivity contribution in [3.8, 4) is 11.4 Å². The van der Waals surface area contributed by atoms with E-state index in [1.165, 1.54) is 5.01 Å². The molecule has 8 heteroatoms. The normalized spacial score (nSPS) is 12.0. The molecule has 0 bridgehead atoms. The fourth-order valence-corrected chi connectivity index (χ4v) is 2.96. The molecule has 0 unspecified atom stereocenters. The van der Waals surface area contributed by atoms with Gasteiger partial charge in [0.2, 0.25) is 0 Å². The average Bonchev–Trinajstić information content (AvgIpc) is 3.13. The lowest BCUT2D eigenvalue weighted by atomic mass is 10.1. The van der Waals surface area contributed by atoms with E-state index in [0.717, 1.165) is 28.2 Å². The quantitative estimate of drug-likeness (QED) is 0.501. The highest BCUT2D eigenvalue weighted by atomic mass is 35.5. The Kier molecular flexibility index (Phi) is 5.70. The number of nitrogens with zero attached hydrogens (tertiary/aromatic N) is 4. The number of halogens is 2. The molecule has 3 aromatic rings. The summed E-state index contributed by atoms with van der Waals surface area (Å²) < 4.78 is 1.93. The van der Waals surface area contributed by atoms with Gasteiger partial charge in [-0.2, -0.15) is 0 Å². The van der Waals surface area contributed by atoms with Crippen LogP contribution in [-0.2, 0) is 6.54 Å². The Morgan fingerprint density at radius 2 is 1.96 bits per heavy atom. The van der Waals surface area contributed by atoms with Gasteiger partial charge in [0, 0.05) is 30.7 Å². The van der Waals surface area contributed by atoms with E-state index in [9.17, 15) is 0 Å². The number of allylic oxidation sites excluding steroid dienone is 1. The van der Waals surface area contributed by atoms with Gasteiger partial charge in [-0.25, -0.2) is 10.8 Å². The third-order valence-electron chi connectivity index (χ3n) is 4.27. The van der Waals surface area contributed by atoms with E-state index in [4.69, 9.17) is 34.8 Å². The van der Waals surface area contributed by atoms with Crippen LogP contribution in [0, 0.1) is 0 Å². The highest BCUT2D eigenvalue weighted by Crippen LogP contribution is 2.27. The molecule has 0 spiro atoms. The lowest BCUT2D eigenvalue weighted by Gasteiger charge is -2.16. The molecular weight excluding hydrogens is 383 g/mol. The molecule has 0 amide bonds. The van der Waals surface area contributed by atoms with Crippen molar-refractivity contribution in [2.24, 2.45) is 11.6 Å². The Bertz CT molecular complexity index is 993. The molecule has 0 atom stereocenters. The van der Waals surface area contributed by atoms with Crippen molar-refractivity contribution in [2.45, 2.75) is 13.5 Å². The molecule has 0 saturated carbocycles. The largest absolute Gasteiger partial charge is 0.397 e. The molecular formula is C19H20Cl2N6. The molecule has 0 aliphatic rings. The zero-order valence-electron chi connectivity index (χ0n) is 15.0. The van der Waals surface area contributed by atoms with Crippen LogP contribution in [0.15, 0.2) is 54.7 Å². The third kappa shape index (κ3) is 4.24. The first-order valence-corrected chi connectivity index (χ1v) is 8.98. The fourth-order valence-electron chi connectivity index (χ4n) is 2.58. The topological polar surface area (TPSA) is 86.0 Å². The monoisotopic (exact) mass is 402 g/mol. The van der Waals surface area contributed by atoms with E-state index in [1.54, 1.807) is 25.6 Å². The number of imidazole rings is 1. The van der Waals surface area contributed by atoms with E-state index in [0.29, 0.717) is 22.3 Å². The molecule has 1 aromatic carbocycles. The minimum Gasteiger partial charge on any atom is -0.397 e. The number of hydrogen-bond acceptors (Lipinski definition) is 5. The second-order valence-electron chi connectivity index (χ2n) is 6.18. The second kappa shape index (κ2) is 8.00. The predicted molar refractivity (Wildman–Crippen MR) is 110 cm³/mol. The summed E-state index contributed by atoms with van der Waals surface area (Å²) >= 11 is 12.3. The van der Waals surface area contributed by atoms with Gasteiger partial charge in [0.15, 0.2) is 0 Å². The molecule has 2 aromatic heterocycles. The van der Waals surface area contributed by atoms with E-state index in [-0.39, 0.29) is 0 Å². The molecule has 4 N–H and O–H groups in total. The number of aromatic nitrogens is 3. The second-order valence-corrected chi connectivity index (χ2v) is 6.97. The van der Waals surface area contributed by atoms with Crippen molar-refractivity contribution >= 4 is 28.9 Å². The maximum atomic E-state index is 6.27. The van der Waals surface area contributed by atoms with E-state index in [1.807, 2.05) is 42.0 Å². The van der Waals surface area contributed by atoms with Gasteiger partial charge in [-0.3, -0.25) is 4.98 Å². The summed E-state index contributed by atoms with van der Waals surface area (Å²) in [6.07, 6.45) is 5.35. The summed E-state index contributed by atoms with van der Waals surface area (Å²) in [7, 11) is 1.74. The number of hydrogen-bond donors (Lipinski definition) is 2. The number of pyridine rings is 1. The van der Waals surface area contributed by atoms with Crippen LogP contribution in [0.3, 0.4) is 0 Å². The summed E-state index contributed by atoms with van der Waals surface area (Å²) in [5.41, 5.74) is 10.8. The first kappa shape index (κ1) is 19.2. The van der Waals surface area contributed by atoms with E-state index < -0.39 is 0 Å². The van der Waals surface area contributed by atoms with Gasteiger partial charge in [-0.15, -0.1) is 0 Å². The van der Waals surface area contributed by atoms with E-state index in [2.05, 4.69) is 9.97 Å². The zero-order valence-corrected chi connectivity index (χ0v) is 16.5. The van der Waals surface area contributed by atoms with Crippen LogP contribution in [0.25, 0.3) is 17.1 Å². The van der Waals surface area contributed by atoms with Crippen LogP contribution in [0.5, 0.6) is 0 Å². The smallest absolute Gasteiger partial charge is 0.107 e. The lowest BCUT2D eigenvalue weighted by Crippen LogP contribution is -2.26. The molecule has 0 aliphatic heterocycles. The Hall–Kier alpha value is -2.54. The molecule has 0 saturated heterocycles. The van der Waals surface area contributed by atoms with Gasteiger partial charge in [0.25, 0.3) is 0 Å². The Morgan fingerprint density at radius 3 is 2.70 bits per heavy atom. The molecule has 0 radical (unpaired) electrons. The van der Waals surface area contributed by atoms with Gasteiger partial charge >= 0.3 is 0 Å². The van der Waals surface area contributed by atoms with E-state index >= 15 is 0 Å². The molecule has 6 nitrogen and oxygen atoms in total. The van der Waals surface area contributed by atoms with Crippen molar-refractivity contribution in [3.05, 3.63) is 75.9 Å². The molecule has 2 heterocycles. The summed E-state index contributed by atoms with van der Waals surface area (Å²) in [4.78, 5) is 8.85. The van der Waals surface area contributed by atoms with Gasteiger partial charge in [0.05, 0.1) is 34.3 Å². The maximum Gasteiger partial charge on any atom is 0.107 e. The molecule has 0 aliphatic carbocycles. The first-order valence-electron chi connectivity index (χ1n) is 8.23. The van der Waals surface area contributed by atoms with Crippen LogP contribution in [0.4, 0.5) is 0 Å². The van der Waals surface area contributed by atoms with Crippen LogP contribution >= 0.6 is 23.2 Å². The highest BCUT2D eigenvalue weighted by molar-refractivity contribution is 6.42. The Labute approximate surface area is 168 Å². The van der Waals surface area contributed by atoms with Crippen molar-refractivity contribution in [3.63, 3.8) is 0 Å². The van der Waals surface area contributed by atoms with Gasteiger partial charge in [-0.05, 0) is 30.7 Å². The van der Waals surface area contributed by atoms with Crippen molar-refractivity contribution < 1.29 is 0 Å². The Morgan fingerprint density at radius 1 is 1.19 bits per heavy atom. The number of benzene rings is 1. The number of rotatable bonds is 5. The SMILES string of the molecule is C/C(=C(/N)c1ccnc(-c2cn(Cc3cccc(Cl)c3Cl)cn2)c1)N(C)N. The summed E-state index contributed by atoms with van der Waals surface area (Å²) in [5.74, 6) is 5.77. The predicted octanol–water partition coefficient (Wildman–Crippen LogP) is 3.75. The molecule has 27 heavy (non-hydrogen) atoms. The molecule has 0 fully saturated rings. The summed E-state index contributed by atoms with van der Waals surface area (Å²) in [5, 5.41) is 2.57. The van der Waals surface area contributed by atoms with Crippen LogP contribution in [0.1, 0.15) is 18.1 Å². The third-order valence-corrected chi connectivity index (χ3v) is 5.13. The van der Waals surface area contributed by atoms with Crippen LogP contribution in [0.2, 0.25) is 10.0 Å². The molecule has 140 valence electrons. The van der Waals surface area contributed by atoms with Crippen LogP contribution in [-0.4, -0.2) is 26.6 Å². The van der Waals surface area contributed by atoms with Gasteiger partial charge in [0.1, 0.15) is 5.69 Å². The fraction of sp³-hybridized carbons (Fsp3) is 0.158. The van der Waals surface area contributed by atoms with Crippen molar-refractivity contribution in [1.29, 1.82) is 0 Å². The summed E-state index contributed by atoms with van der Waals surface area (Å²) in [6.45, 7) is 2.42. The minimum atomic E-state index is 0.534. The Balaban J connectivity index is 1.88. The lowest BCUT2D eigenvalue weighted by molar-refractivity contribution is 0.443. The standard InChI is InChI=1S/C19H20Cl2N6/c1-12(26(2)23)19(22)13-6-7-24-16(8-13)17-10-27(11-25-17)9-14-4-3-5-15(20)18(14)21/h3-8,10-11H,9,22-23H2,1-2H3/b19-12-.